The predicted octanol–water partition coefficient (Wildman–Crippen LogP) is 1.51. The van der Waals surface area contributed by atoms with E-state index in [1.165, 1.54) is 5.56 Å². The molecule has 2 aromatic rings. The van der Waals surface area contributed by atoms with Crippen molar-refractivity contribution in [3.05, 3.63) is 52.8 Å². The molecule has 2 rings (SSSR count). The van der Waals surface area contributed by atoms with E-state index in [-0.39, 0.29) is 6.04 Å². The summed E-state index contributed by atoms with van der Waals surface area (Å²) in [5.74, 6) is 0. The quantitative estimate of drug-likeness (QED) is 0.856. The van der Waals surface area contributed by atoms with Crippen LogP contribution in [-0.4, -0.2) is 16.3 Å². The fourth-order valence-corrected chi connectivity index (χ4v) is 2.28. The molecule has 0 radical (unpaired) electrons. The molecule has 1 aromatic carbocycles. The molecule has 0 aliphatic carbocycles. The molecular weight excluding hydrogens is 224 g/mol. The lowest BCUT2D eigenvalue weighted by atomic mass is 10.1. The molecule has 0 saturated carbocycles. The number of benzene rings is 1. The molecule has 18 heavy (non-hydrogen) atoms. The number of aromatic nitrogens is 2. The Morgan fingerprint density at radius 1 is 1.22 bits per heavy atom. The van der Waals surface area contributed by atoms with E-state index in [0.717, 1.165) is 23.5 Å². The van der Waals surface area contributed by atoms with Crippen LogP contribution in [0.2, 0.25) is 0 Å². The highest BCUT2D eigenvalue weighted by atomic mass is 15.3. The van der Waals surface area contributed by atoms with Crippen molar-refractivity contribution in [2.75, 3.05) is 6.54 Å². The minimum absolute atomic E-state index is 0.130. The molecule has 0 saturated heterocycles. The van der Waals surface area contributed by atoms with Gasteiger partial charge in [0.25, 0.3) is 0 Å². The topological polar surface area (TPSA) is 69.9 Å². The summed E-state index contributed by atoms with van der Waals surface area (Å²) in [6.07, 6.45) is 0. The summed E-state index contributed by atoms with van der Waals surface area (Å²) >= 11 is 0. The van der Waals surface area contributed by atoms with Gasteiger partial charge in [0.2, 0.25) is 0 Å². The zero-order valence-electron chi connectivity index (χ0n) is 10.9. The average Bonchev–Trinajstić information content (AvgIpc) is 2.65. The molecule has 0 spiro atoms. The highest BCUT2D eigenvalue weighted by Crippen LogP contribution is 2.19. The average molecular weight is 244 g/mol. The van der Waals surface area contributed by atoms with Crippen molar-refractivity contribution in [1.82, 2.24) is 9.78 Å². The summed E-state index contributed by atoms with van der Waals surface area (Å²) < 4.78 is 2.00. The van der Waals surface area contributed by atoms with E-state index < -0.39 is 0 Å². The standard InChI is InChI=1S/C14H20N4/c1-10-14(13(16)8-15)11(2)18(17-10)9-12-6-4-3-5-7-12/h3-7,13H,8-9,15-16H2,1-2H3. The van der Waals surface area contributed by atoms with Crippen LogP contribution in [0.4, 0.5) is 0 Å². The van der Waals surface area contributed by atoms with Crippen molar-refractivity contribution in [1.29, 1.82) is 0 Å². The number of nitrogens with two attached hydrogens (primary N) is 2. The Bertz CT molecular complexity index is 516. The van der Waals surface area contributed by atoms with Crippen molar-refractivity contribution in [3.8, 4) is 0 Å². The number of rotatable bonds is 4. The maximum atomic E-state index is 6.02. The summed E-state index contributed by atoms with van der Waals surface area (Å²) in [6.45, 7) is 5.25. The van der Waals surface area contributed by atoms with Crippen molar-refractivity contribution in [2.24, 2.45) is 11.5 Å². The van der Waals surface area contributed by atoms with Crippen LogP contribution in [0.15, 0.2) is 30.3 Å². The van der Waals surface area contributed by atoms with Gasteiger partial charge in [0, 0.05) is 23.8 Å². The summed E-state index contributed by atoms with van der Waals surface area (Å²) in [7, 11) is 0. The number of nitrogens with zero attached hydrogens (tertiary/aromatic N) is 2. The smallest absolute Gasteiger partial charge is 0.0662 e. The lowest BCUT2D eigenvalue weighted by Crippen LogP contribution is -2.22. The van der Waals surface area contributed by atoms with Gasteiger partial charge in [-0.25, -0.2) is 0 Å². The van der Waals surface area contributed by atoms with Crippen molar-refractivity contribution >= 4 is 0 Å². The Labute approximate surface area is 108 Å². The van der Waals surface area contributed by atoms with Crippen LogP contribution in [-0.2, 0) is 6.54 Å². The zero-order valence-corrected chi connectivity index (χ0v) is 10.9. The Morgan fingerprint density at radius 3 is 2.50 bits per heavy atom. The summed E-state index contributed by atoms with van der Waals surface area (Å²) in [6, 6.07) is 10.1. The van der Waals surface area contributed by atoms with Gasteiger partial charge in [-0.05, 0) is 19.4 Å². The second-order valence-corrected chi connectivity index (χ2v) is 4.57. The van der Waals surface area contributed by atoms with E-state index in [9.17, 15) is 0 Å². The van der Waals surface area contributed by atoms with Gasteiger partial charge in [-0.1, -0.05) is 30.3 Å². The Morgan fingerprint density at radius 2 is 1.89 bits per heavy atom. The Hall–Kier alpha value is -1.65. The van der Waals surface area contributed by atoms with E-state index in [2.05, 4.69) is 17.2 Å². The molecule has 1 atom stereocenters. The molecule has 0 aliphatic heterocycles. The molecular formula is C14H20N4. The fourth-order valence-electron chi connectivity index (χ4n) is 2.28. The van der Waals surface area contributed by atoms with Crippen LogP contribution in [0, 0.1) is 13.8 Å². The maximum absolute atomic E-state index is 6.02. The normalized spacial score (nSPS) is 12.7. The van der Waals surface area contributed by atoms with Crippen LogP contribution in [0.25, 0.3) is 0 Å². The van der Waals surface area contributed by atoms with Crippen LogP contribution in [0.5, 0.6) is 0 Å². The lowest BCUT2D eigenvalue weighted by Gasteiger charge is -2.10. The zero-order chi connectivity index (χ0) is 13.1. The molecule has 1 heterocycles. The SMILES string of the molecule is Cc1nn(Cc2ccccc2)c(C)c1C(N)CN. The third-order valence-corrected chi connectivity index (χ3v) is 3.24. The maximum Gasteiger partial charge on any atom is 0.0662 e. The van der Waals surface area contributed by atoms with Gasteiger partial charge in [0.1, 0.15) is 0 Å². The molecule has 4 N–H and O–H groups in total. The van der Waals surface area contributed by atoms with Crippen LogP contribution < -0.4 is 11.5 Å². The minimum atomic E-state index is -0.130. The van der Waals surface area contributed by atoms with E-state index in [1.54, 1.807) is 0 Å². The van der Waals surface area contributed by atoms with E-state index in [0.29, 0.717) is 6.54 Å². The van der Waals surface area contributed by atoms with E-state index >= 15 is 0 Å². The van der Waals surface area contributed by atoms with Gasteiger partial charge in [0.15, 0.2) is 0 Å². The van der Waals surface area contributed by atoms with Gasteiger partial charge in [-0.15, -0.1) is 0 Å². The molecule has 96 valence electrons. The first-order chi connectivity index (χ1) is 8.63. The van der Waals surface area contributed by atoms with Crippen molar-refractivity contribution in [2.45, 2.75) is 26.4 Å². The largest absolute Gasteiger partial charge is 0.329 e. The fraction of sp³-hybridized carbons (Fsp3) is 0.357. The van der Waals surface area contributed by atoms with Crippen molar-refractivity contribution in [3.63, 3.8) is 0 Å². The number of hydrogen-bond donors (Lipinski definition) is 2. The van der Waals surface area contributed by atoms with Gasteiger partial charge in [-0.2, -0.15) is 5.10 Å². The first kappa shape index (κ1) is 12.8. The molecule has 1 unspecified atom stereocenters. The van der Waals surface area contributed by atoms with E-state index in [1.807, 2.05) is 36.7 Å². The highest BCUT2D eigenvalue weighted by molar-refractivity contribution is 5.29. The third-order valence-electron chi connectivity index (χ3n) is 3.24. The lowest BCUT2D eigenvalue weighted by molar-refractivity contribution is 0.654. The molecule has 0 aliphatic rings. The Kier molecular flexibility index (Phi) is 3.79. The molecule has 4 nitrogen and oxygen atoms in total. The third kappa shape index (κ3) is 2.44. The van der Waals surface area contributed by atoms with Crippen LogP contribution >= 0.6 is 0 Å². The molecule has 0 amide bonds. The second kappa shape index (κ2) is 5.33. The minimum Gasteiger partial charge on any atom is -0.329 e. The summed E-state index contributed by atoms with van der Waals surface area (Å²) in [5, 5.41) is 4.56. The molecule has 0 fully saturated rings. The molecule has 1 aromatic heterocycles. The monoisotopic (exact) mass is 244 g/mol. The van der Waals surface area contributed by atoms with Gasteiger partial charge in [0.05, 0.1) is 12.2 Å². The van der Waals surface area contributed by atoms with Crippen molar-refractivity contribution < 1.29 is 0 Å². The van der Waals surface area contributed by atoms with Gasteiger partial charge in [-0.3, -0.25) is 4.68 Å². The van der Waals surface area contributed by atoms with Crippen LogP contribution in [0.3, 0.4) is 0 Å². The first-order valence-electron chi connectivity index (χ1n) is 6.17. The molecule has 0 bridgehead atoms. The number of hydrogen-bond acceptors (Lipinski definition) is 3. The Balaban J connectivity index is 2.30. The molecule has 4 heteroatoms. The van der Waals surface area contributed by atoms with Gasteiger partial charge < -0.3 is 11.5 Å². The highest BCUT2D eigenvalue weighted by Gasteiger charge is 2.16. The van der Waals surface area contributed by atoms with Gasteiger partial charge >= 0.3 is 0 Å². The summed E-state index contributed by atoms with van der Waals surface area (Å²) in [4.78, 5) is 0. The predicted molar refractivity (Wildman–Crippen MR) is 73.2 cm³/mol. The van der Waals surface area contributed by atoms with Crippen LogP contribution in [0.1, 0.15) is 28.6 Å². The number of aryl methyl sites for hydroxylation is 1. The van der Waals surface area contributed by atoms with E-state index in [4.69, 9.17) is 11.5 Å². The summed E-state index contributed by atoms with van der Waals surface area (Å²) in [5.41, 5.74) is 16.1. The second-order valence-electron chi connectivity index (χ2n) is 4.57. The first-order valence-corrected chi connectivity index (χ1v) is 6.17.